The Kier molecular flexibility index (Phi) is 3.43. The van der Waals surface area contributed by atoms with Gasteiger partial charge in [0.05, 0.1) is 11.7 Å². The Labute approximate surface area is 108 Å². The van der Waals surface area contributed by atoms with E-state index in [-0.39, 0.29) is 18.0 Å². The van der Waals surface area contributed by atoms with Gasteiger partial charge in [-0.05, 0) is 20.3 Å². The zero-order chi connectivity index (χ0) is 13.4. The van der Waals surface area contributed by atoms with Crippen LogP contribution in [0.4, 0.5) is 0 Å². The van der Waals surface area contributed by atoms with Crippen LogP contribution in [0.1, 0.15) is 42.8 Å². The molecule has 2 heterocycles. The molecule has 1 aromatic heterocycles. The third-order valence-corrected chi connectivity index (χ3v) is 3.80. The molecule has 0 spiro atoms. The molecule has 0 saturated carbocycles. The van der Waals surface area contributed by atoms with Crippen LogP contribution < -0.4 is 5.73 Å². The fourth-order valence-electron chi connectivity index (χ4n) is 2.91. The lowest BCUT2D eigenvalue weighted by Crippen LogP contribution is -2.34. The number of rotatable bonds is 3. The highest BCUT2D eigenvalue weighted by Gasteiger charge is 2.40. The molecule has 0 aliphatic carbocycles. The van der Waals surface area contributed by atoms with Crippen LogP contribution >= 0.6 is 0 Å². The Morgan fingerprint density at radius 3 is 2.61 bits per heavy atom. The Balaban J connectivity index is 2.43. The third-order valence-electron chi connectivity index (χ3n) is 3.80. The first-order valence-electron chi connectivity index (χ1n) is 6.52. The van der Waals surface area contributed by atoms with E-state index in [1.807, 2.05) is 30.5 Å². The molecule has 5 heteroatoms. The number of aromatic nitrogens is 2. The van der Waals surface area contributed by atoms with E-state index in [4.69, 9.17) is 5.73 Å². The molecular weight excluding hydrogens is 228 g/mol. The molecule has 2 unspecified atom stereocenters. The van der Waals surface area contributed by atoms with Crippen molar-refractivity contribution in [2.45, 2.75) is 45.7 Å². The van der Waals surface area contributed by atoms with Crippen LogP contribution in [0.25, 0.3) is 0 Å². The lowest BCUT2D eigenvalue weighted by Gasteiger charge is -2.27. The van der Waals surface area contributed by atoms with Crippen LogP contribution in [0.3, 0.4) is 0 Å². The molecule has 0 radical (unpaired) electrons. The van der Waals surface area contributed by atoms with Crippen molar-refractivity contribution < 1.29 is 4.79 Å². The molecule has 1 aromatic rings. The molecule has 2 N–H and O–H groups in total. The minimum Gasteiger partial charge on any atom is -0.334 e. The highest BCUT2D eigenvalue weighted by Crippen LogP contribution is 2.35. The van der Waals surface area contributed by atoms with Gasteiger partial charge in [-0.3, -0.25) is 9.48 Å². The van der Waals surface area contributed by atoms with Crippen LogP contribution in [-0.2, 0) is 11.8 Å². The van der Waals surface area contributed by atoms with Crippen molar-refractivity contribution in [2.75, 3.05) is 6.54 Å². The summed E-state index contributed by atoms with van der Waals surface area (Å²) in [5.74, 6) is 0.164. The van der Waals surface area contributed by atoms with Crippen LogP contribution in [0.15, 0.2) is 0 Å². The Hall–Kier alpha value is -1.36. The molecule has 1 aliphatic rings. The quantitative estimate of drug-likeness (QED) is 0.872. The number of nitrogens with two attached hydrogens (primary N) is 1. The van der Waals surface area contributed by atoms with E-state index in [0.717, 1.165) is 29.9 Å². The van der Waals surface area contributed by atoms with E-state index in [9.17, 15) is 4.79 Å². The second kappa shape index (κ2) is 4.72. The molecule has 1 amide bonds. The molecule has 0 aromatic carbocycles. The van der Waals surface area contributed by atoms with Gasteiger partial charge in [0.1, 0.15) is 0 Å². The van der Waals surface area contributed by atoms with Gasteiger partial charge in [0.2, 0.25) is 5.91 Å². The van der Waals surface area contributed by atoms with Gasteiger partial charge in [0.25, 0.3) is 0 Å². The van der Waals surface area contributed by atoms with Gasteiger partial charge in [-0.15, -0.1) is 0 Å². The highest BCUT2D eigenvalue weighted by atomic mass is 16.2. The van der Waals surface area contributed by atoms with Crippen molar-refractivity contribution in [3.05, 3.63) is 17.0 Å². The summed E-state index contributed by atoms with van der Waals surface area (Å²) in [6.45, 7) is 6.87. The maximum absolute atomic E-state index is 12.0. The lowest BCUT2D eigenvalue weighted by atomic mass is 9.99. The summed E-state index contributed by atoms with van der Waals surface area (Å²) in [4.78, 5) is 13.9. The summed E-state index contributed by atoms with van der Waals surface area (Å²) >= 11 is 0. The van der Waals surface area contributed by atoms with Gasteiger partial charge in [0.15, 0.2) is 0 Å². The van der Waals surface area contributed by atoms with Crippen LogP contribution in [-0.4, -0.2) is 33.2 Å². The molecule has 100 valence electrons. The van der Waals surface area contributed by atoms with Crippen molar-refractivity contribution in [1.82, 2.24) is 14.7 Å². The zero-order valence-corrected chi connectivity index (χ0v) is 11.6. The first kappa shape index (κ1) is 13.1. The van der Waals surface area contributed by atoms with Crippen molar-refractivity contribution >= 4 is 5.91 Å². The number of likely N-dealkylation sites (tertiary alicyclic amines) is 1. The van der Waals surface area contributed by atoms with Gasteiger partial charge in [-0.25, -0.2) is 0 Å². The SMILES string of the molecule is CCCN1C(=O)CC(N)C1c1c(C)nn(C)c1C. The summed E-state index contributed by atoms with van der Waals surface area (Å²) < 4.78 is 1.87. The van der Waals surface area contributed by atoms with Crippen molar-refractivity contribution in [3.63, 3.8) is 0 Å². The van der Waals surface area contributed by atoms with Crippen LogP contribution in [0, 0.1) is 13.8 Å². The number of aryl methyl sites for hydroxylation is 2. The predicted molar refractivity (Wildman–Crippen MR) is 70.0 cm³/mol. The van der Waals surface area contributed by atoms with E-state index < -0.39 is 0 Å². The molecule has 5 nitrogen and oxygen atoms in total. The minimum absolute atomic E-state index is 0.00819. The average Bonchev–Trinajstić information content (AvgIpc) is 2.69. The van der Waals surface area contributed by atoms with Crippen molar-refractivity contribution in [2.24, 2.45) is 12.8 Å². The molecular formula is C13H22N4O. The number of hydrogen-bond acceptors (Lipinski definition) is 3. The van der Waals surface area contributed by atoms with E-state index in [1.54, 1.807) is 0 Å². The second-order valence-corrected chi connectivity index (χ2v) is 5.11. The third kappa shape index (κ3) is 1.92. The summed E-state index contributed by atoms with van der Waals surface area (Å²) in [5.41, 5.74) is 9.38. The standard InChI is InChI=1S/C13H22N4O/c1-5-6-17-11(18)7-10(14)13(17)12-8(2)15-16(4)9(12)3/h10,13H,5-7,14H2,1-4H3. The smallest absolute Gasteiger partial charge is 0.224 e. The molecule has 2 atom stereocenters. The summed E-state index contributed by atoms with van der Waals surface area (Å²) in [6.07, 6.45) is 1.39. The van der Waals surface area contributed by atoms with Gasteiger partial charge in [0, 0.05) is 37.3 Å². The van der Waals surface area contributed by atoms with Gasteiger partial charge >= 0.3 is 0 Å². The van der Waals surface area contributed by atoms with Gasteiger partial charge in [-0.1, -0.05) is 6.92 Å². The summed E-state index contributed by atoms with van der Waals surface area (Å²) in [7, 11) is 1.93. The normalized spacial score (nSPS) is 24.1. The van der Waals surface area contributed by atoms with E-state index >= 15 is 0 Å². The van der Waals surface area contributed by atoms with E-state index in [2.05, 4.69) is 12.0 Å². The second-order valence-electron chi connectivity index (χ2n) is 5.11. The maximum Gasteiger partial charge on any atom is 0.224 e. The van der Waals surface area contributed by atoms with Crippen LogP contribution in [0.2, 0.25) is 0 Å². The van der Waals surface area contributed by atoms with Gasteiger partial charge < -0.3 is 10.6 Å². The fraction of sp³-hybridized carbons (Fsp3) is 0.692. The minimum atomic E-state index is -0.120. The molecule has 0 bridgehead atoms. The molecule has 1 fully saturated rings. The number of carbonyl (C=O) groups excluding carboxylic acids is 1. The number of hydrogen-bond donors (Lipinski definition) is 1. The first-order valence-corrected chi connectivity index (χ1v) is 6.52. The molecule has 1 aliphatic heterocycles. The lowest BCUT2D eigenvalue weighted by molar-refractivity contribution is -0.129. The van der Waals surface area contributed by atoms with Gasteiger partial charge in [-0.2, -0.15) is 5.10 Å². The van der Waals surface area contributed by atoms with E-state index in [0.29, 0.717) is 6.42 Å². The Morgan fingerprint density at radius 2 is 2.11 bits per heavy atom. The predicted octanol–water partition coefficient (Wildman–Crippen LogP) is 1.05. The number of carbonyl (C=O) groups is 1. The first-order chi connectivity index (χ1) is 8.47. The van der Waals surface area contributed by atoms with E-state index in [1.165, 1.54) is 0 Å². The number of nitrogens with zero attached hydrogens (tertiary/aromatic N) is 3. The highest BCUT2D eigenvalue weighted by molar-refractivity contribution is 5.80. The topological polar surface area (TPSA) is 64.2 Å². The summed E-state index contributed by atoms with van der Waals surface area (Å²) in [5, 5.41) is 4.43. The molecule has 2 rings (SSSR count). The summed E-state index contributed by atoms with van der Waals surface area (Å²) in [6, 6.07) is -0.128. The van der Waals surface area contributed by atoms with Crippen LogP contribution in [0.5, 0.6) is 0 Å². The number of amides is 1. The average molecular weight is 250 g/mol. The monoisotopic (exact) mass is 250 g/mol. The fourth-order valence-corrected chi connectivity index (χ4v) is 2.91. The Bertz CT molecular complexity index is 466. The Morgan fingerprint density at radius 1 is 1.44 bits per heavy atom. The molecule has 18 heavy (non-hydrogen) atoms. The van der Waals surface area contributed by atoms with Crippen molar-refractivity contribution in [3.8, 4) is 0 Å². The van der Waals surface area contributed by atoms with Crippen molar-refractivity contribution in [1.29, 1.82) is 0 Å². The maximum atomic E-state index is 12.0. The largest absolute Gasteiger partial charge is 0.334 e. The molecule has 1 saturated heterocycles. The zero-order valence-electron chi connectivity index (χ0n) is 11.6.